The number of benzene rings is 2. The summed E-state index contributed by atoms with van der Waals surface area (Å²) in [6.45, 7) is 1.91. The van der Waals surface area contributed by atoms with E-state index >= 15 is 0 Å². The van der Waals surface area contributed by atoms with E-state index in [2.05, 4.69) is 21.2 Å². The molecule has 0 aliphatic heterocycles. The summed E-state index contributed by atoms with van der Waals surface area (Å²) in [5, 5.41) is 21.0. The first-order valence-electron chi connectivity index (χ1n) is 6.02. The first-order valence-corrected chi connectivity index (χ1v) is 6.81. The Hall–Kier alpha value is -2.34. The molecule has 0 heterocycles. The van der Waals surface area contributed by atoms with Crippen LogP contribution in [0.25, 0.3) is 0 Å². The molecule has 2 aromatic rings. The maximum atomic E-state index is 12.2. The molecule has 2 aromatic carbocycles. The fourth-order valence-electron chi connectivity index (χ4n) is 1.79. The minimum Gasteiger partial charge on any atom is -0.507 e. The lowest BCUT2D eigenvalue weighted by atomic mass is 10.1. The van der Waals surface area contributed by atoms with Crippen molar-refractivity contribution >= 4 is 33.5 Å². The molecular formula is C15H12BrNO4. The molecule has 0 aromatic heterocycles. The zero-order valence-corrected chi connectivity index (χ0v) is 12.6. The van der Waals surface area contributed by atoms with Crippen molar-refractivity contribution in [1.82, 2.24) is 0 Å². The van der Waals surface area contributed by atoms with Crippen molar-refractivity contribution in [1.29, 1.82) is 0 Å². The Labute approximate surface area is 129 Å². The first kappa shape index (κ1) is 15.1. The zero-order chi connectivity index (χ0) is 15.6. The number of hydrogen-bond donors (Lipinski definition) is 3. The van der Waals surface area contributed by atoms with Gasteiger partial charge in [-0.2, -0.15) is 0 Å². The van der Waals surface area contributed by atoms with Gasteiger partial charge in [0.2, 0.25) is 0 Å². The lowest BCUT2D eigenvalue weighted by molar-refractivity contribution is 0.0693. The molecule has 5 nitrogen and oxygen atoms in total. The molecule has 0 unspecified atom stereocenters. The van der Waals surface area contributed by atoms with Crippen LogP contribution < -0.4 is 5.32 Å². The quantitative estimate of drug-likeness (QED) is 0.741. The lowest BCUT2D eigenvalue weighted by Crippen LogP contribution is -2.13. The second kappa shape index (κ2) is 5.97. The molecule has 0 spiro atoms. The Morgan fingerprint density at radius 1 is 1.10 bits per heavy atom. The summed E-state index contributed by atoms with van der Waals surface area (Å²) in [5.41, 5.74) is 1.47. The molecule has 0 atom stereocenters. The van der Waals surface area contributed by atoms with Crippen LogP contribution in [-0.4, -0.2) is 22.1 Å². The monoisotopic (exact) mass is 349 g/mol. The lowest BCUT2D eigenvalue weighted by Gasteiger charge is -2.09. The average Bonchev–Trinajstić information content (AvgIpc) is 2.40. The van der Waals surface area contributed by atoms with Gasteiger partial charge in [0.25, 0.3) is 5.91 Å². The molecule has 3 N–H and O–H groups in total. The molecule has 0 bridgehead atoms. The number of anilines is 1. The van der Waals surface area contributed by atoms with Gasteiger partial charge in [0.1, 0.15) is 11.3 Å². The molecule has 0 saturated heterocycles. The molecule has 1 amide bonds. The highest BCUT2D eigenvalue weighted by atomic mass is 79.9. The number of phenols is 1. The van der Waals surface area contributed by atoms with Crippen LogP contribution in [0.1, 0.15) is 26.3 Å². The van der Waals surface area contributed by atoms with Crippen LogP contribution in [-0.2, 0) is 0 Å². The van der Waals surface area contributed by atoms with E-state index in [4.69, 9.17) is 5.11 Å². The van der Waals surface area contributed by atoms with Gasteiger partial charge >= 0.3 is 5.97 Å². The van der Waals surface area contributed by atoms with Crippen LogP contribution in [0.4, 0.5) is 5.69 Å². The van der Waals surface area contributed by atoms with Crippen LogP contribution in [0.15, 0.2) is 40.9 Å². The van der Waals surface area contributed by atoms with Crippen molar-refractivity contribution in [3.63, 3.8) is 0 Å². The fourth-order valence-corrected chi connectivity index (χ4v) is 2.46. The Balaban J connectivity index is 2.27. The Bertz CT molecular complexity index is 728. The smallest absolute Gasteiger partial charge is 0.339 e. The van der Waals surface area contributed by atoms with E-state index in [1.807, 2.05) is 13.0 Å². The van der Waals surface area contributed by atoms with Crippen LogP contribution in [0, 0.1) is 6.92 Å². The minimum atomic E-state index is -1.26. The Kier molecular flexibility index (Phi) is 4.28. The molecular weight excluding hydrogens is 338 g/mol. The van der Waals surface area contributed by atoms with E-state index in [1.54, 1.807) is 12.1 Å². The molecule has 0 aliphatic carbocycles. The maximum absolute atomic E-state index is 12.2. The molecule has 0 saturated carbocycles. The predicted molar refractivity (Wildman–Crippen MR) is 81.9 cm³/mol. The standard InChI is InChI=1S/C15H12BrNO4/c1-8-2-4-10(12(16)6-8)14(19)17-9-3-5-13(18)11(7-9)15(20)21/h2-7,18H,1H3,(H,17,19)(H,20,21). The number of carbonyl (C=O) groups excluding carboxylic acids is 1. The predicted octanol–water partition coefficient (Wildman–Crippen LogP) is 3.41. The number of rotatable bonds is 3. The SMILES string of the molecule is Cc1ccc(C(=O)Nc2ccc(O)c(C(=O)O)c2)c(Br)c1. The van der Waals surface area contributed by atoms with Crippen molar-refractivity contribution in [2.24, 2.45) is 0 Å². The van der Waals surface area contributed by atoms with E-state index in [1.165, 1.54) is 18.2 Å². The molecule has 6 heteroatoms. The normalized spacial score (nSPS) is 10.2. The van der Waals surface area contributed by atoms with Gasteiger partial charge in [0, 0.05) is 10.2 Å². The van der Waals surface area contributed by atoms with Crippen LogP contribution >= 0.6 is 15.9 Å². The van der Waals surface area contributed by atoms with Gasteiger partial charge in [-0.25, -0.2) is 4.79 Å². The topological polar surface area (TPSA) is 86.6 Å². The van der Waals surface area contributed by atoms with Gasteiger partial charge in [-0.3, -0.25) is 4.79 Å². The van der Waals surface area contributed by atoms with Crippen molar-refractivity contribution in [2.45, 2.75) is 6.92 Å². The molecule has 0 radical (unpaired) electrons. The van der Waals surface area contributed by atoms with Crippen LogP contribution in [0.2, 0.25) is 0 Å². The highest BCUT2D eigenvalue weighted by Gasteiger charge is 2.14. The first-order chi connectivity index (χ1) is 9.88. The number of aryl methyl sites for hydroxylation is 1. The van der Waals surface area contributed by atoms with Crippen molar-refractivity contribution in [3.05, 3.63) is 57.6 Å². The van der Waals surface area contributed by atoms with Crippen molar-refractivity contribution < 1.29 is 19.8 Å². The van der Waals surface area contributed by atoms with Crippen LogP contribution in [0.5, 0.6) is 5.75 Å². The van der Waals surface area contributed by atoms with E-state index < -0.39 is 5.97 Å². The number of hydrogen-bond acceptors (Lipinski definition) is 3. The summed E-state index contributed by atoms with van der Waals surface area (Å²) in [6.07, 6.45) is 0. The summed E-state index contributed by atoms with van der Waals surface area (Å²) in [4.78, 5) is 23.1. The van der Waals surface area contributed by atoms with Crippen LogP contribution in [0.3, 0.4) is 0 Å². The number of carbonyl (C=O) groups is 2. The number of aromatic carboxylic acids is 1. The van der Waals surface area contributed by atoms with E-state index in [9.17, 15) is 14.7 Å². The summed E-state index contributed by atoms with van der Waals surface area (Å²) in [7, 11) is 0. The fraction of sp³-hybridized carbons (Fsp3) is 0.0667. The molecule has 2 rings (SSSR count). The number of carboxylic acids is 1. The minimum absolute atomic E-state index is 0.268. The van der Waals surface area contributed by atoms with E-state index in [-0.39, 0.29) is 17.2 Å². The highest BCUT2D eigenvalue weighted by Crippen LogP contribution is 2.23. The summed E-state index contributed by atoms with van der Waals surface area (Å²) >= 11 is 3.32. The van der Waals surface area contributed by atoms with Gasteiger partial charge in [-0.15, -0.1) is 0 Å². The third-order valence-electron chi connectivity index (χ3n) is 2.85. The molecule has 108 valence electrons. The number of carboxylic acid groups (broad SMARTS) is 1. The Morgan fingerprint density at radius 3 is 2.43 bits per heavy atom. The van der Waals surface area contributed by atoms with E-state index in [0.717, 1.165) is 5.56 Å². The number of amides is 1. The van der Waals surface area contributed by atoms with Gasteiger partial charge in [0.15, 0.2) is 0 Å². The Morgan fingerprint density at radius 2 is 1.81 bits per heavy atom. The van der Waals surface area contributed by atoms with Gasteiger partial charge in [-0.1, -0.05) is 6.07 Å². The third-order valence-corrected chi connectivity index (χ3v) is 3.51. The zero-order valence-electron chi connectivity index (χ0n) is 11.1. The molecule has 0 fully saturated rings. The van der Waals surface area contributed by atoms with Gasteiger partial charge < -0.3 is 15.5 Å². The second-order valence-corrected chi connectivity index (χ2v) is 5.33. The molecule has 0 aliphatic rings. The number of halogens is 1. The summed E-state index contributed by atoms with van der Waals surface area (Å²) < 4.78 is 0.650. The average molecular weight is 350 g/mol. The van der Waals surface area contributed by atoms with E-state index in [0.29, 0.717) is 15.7 Å². The highest BCUT2D eigenvalue weighted by molar-refractivity contribution is 9.10. The largest absolute Gasteiger partial charge is 0.507 e. The van der Waals surface area contributed by atoms with Gasteiger partial charge in [-0.05, 0) is 58.7 Å². The number of nitrogens with one attached hydrogen (secondary N) is 1. The van der Waals surface area contributed by atoms with Crippen molar-refractivity contribution in [3.8, 4) is 5.75 Å². The second-order valence-electron chi connectivity index (χ2n) is 4.47. The van der Waals surface area contributed by atoms with Crippen molar-refractivity contribution in [2.75, 3.05) is 5.32 Å². The maximum Gasteiger partial charge on any atom is 0.339 e. The van der Waals surface area contributed by atoms with Gasteiger partial charge in [0.05, 0.1) is 5.56 Å². The molecule has 21 heavy (non-hydrogen) atoms. The number of aromatic hydroxyl groups is 1. The summed E-state index contributed by atoms with van der Waals surface area (Å²) in [5.74, 6) is -1.99. The third kappa shape index (κ3) is 3.41. The summed E-state index contributed by atoms with van der Waals surface area (Å²) in [6, 6.07) is 9.16.